The number of aromatic nitrogens is 1. The van der Waals surface area contributed by atoms with E-state index in [2.05, 4.69) is 15.6 Å². The Kier molecular flexibility index (Phi) is 7.38. The van der Waals surface area contributed by atoms with E-state index in [1.54, 1.807) is 45.2 Å². The van der Waals surface area contributed by atoms with E-state index in [4.69, 9.17) is 4.74 Å². The number of hydrogen-bond donors (Lipinski definition) is 4. The van der Waals surface area contributed by atoms with Gasteiger partial charge in [0.25, 0.3) is 0 Å². The first-order chi connectivity index (χ1) is 15.6. The number of carbonyl (C=O) groups excluding carboxylic acids is 1. The highest BCUT2D eigenvalue weighted by Gasteiger charge is 2.27. The van der Waals surface area contributed by atoms with Crippen LogP contribution in [0.25, 0.3) is 10.8 Å². The van der Waals surface area contributed by atoms with E-state index >= 15 is 0 Å². The van der Waals surface area contributed by atoms with E-state index in [1.165, 1.54) is 0 Å². The number of aliphatic hydroxyl groups excluding tert-OH is 1. The first-order valence-corrected chi connectivity index (χ1v) is 10.9. The van der Waals surface area contributed by atoms with Crippen LogP contribution < -0.4 is 10.6 Å². The zero-order chi connectivity index (χ0) is 24.2. The lowest BCUT2D eigenvalue weighted by Gasteiger charge is -2.26. The molecule has 33 heavy (non-hydrogen) atoms. The summed E-state index contributed by atoms with van der Waals surface area (Å²) in [6, 6.07) is 6.36. The van der Waals surface area contributed by atoms with Crippen molar-refractivity contribution in [1.82, 2.24) is 4.98 Å². The fourth-order valence-electron chi connectivity index (χ4n) is 3.67. The van der Waals surface area contributed by atoms with E-state index < -0.39 is 23.7 Å². The van der Waals surface area contributed by atoms with Gasteiger partial charge in [0, 0.05) is 35.7 Å². The number of nitrogens with zero attached hydrogens (tertiary/aromatic N) is 1. The number of hydrogen-bond acceptors (Lipinski definition) is 6. The lowest BCUT2D eigenvalue weighted by atomic mass is 9.86. The molecule has 0 spiro atoms. The summed E-state index contributed by atoms with van der Waals surface area (Å²) in [5.74, 6) is -0.779. The monoisotopic (exact) mass is 453 g/mol. The largest absolute Gasteiger partial charge is 0.480 e. The maximum Gasteiger partial charge on any atom is 0.413 e. The van der Waals surface area contributed by atoms with Crippen LogP contribution in [0.1, 0.15) is 34.1 Å². The molecule has 0 saturated carbocycles. The van der Waals surface area contributed by atoms with Crippen molar-refractivity contribution in [3.05, 3.63) is 54.3 Å². The Labute approximate surface area is 193 Å². The number of nitrogens with one attached hydrogen (secondary N) is 2. The summed E-state index contributed by atoms with van der Waals surface area (Å²) in [7, 11) is 0. The number of rotatable bonds is 7. The fourth-order valence-corrected chi connectivity index (χ4v) is 3.67. The van der Waals surface area contributed by atoms with Crippen LogP contribution in [0, 0.1) is 11.8 Å². The molecule has 176 valence electrons. The average molecular weight is 454 g/mol. The van der Waals surface area contributed by atoms with Gasteiger partial charge in [-0.25, -0.2) is 14.6 Å². The molecule has 3 rings (SSSR count). The van der Waals surface area contributed by atoms with Gasteiger partial charge >= 0.3 is 12.1 Å². The molecule has 0 bridgehead atoms. The topological polar surface area (TPSA) is 121 Å². The number of anilines is 2. The van der Waals surface area contributed by atoms with Crippen LogP contribution in [0.5, 0.6) is 0 Å². The van der Waals surface area contributed by atoms with Crippen molar-refractivity contribution in [1.29, 1.82) is 0 Å². The summed E-state index contributed by atoms with van der Waals surface area (Å²) in [5.41, 5.74) is 1.04. The summed E-state index contributed by atoms with van der Waals surface area (Å²) >= 11 is 0. The molecule has 3 unspecified atom stereocenters. The van der Waals surface area contributed by atoms with Gasteiger partial charge in [-0.2, -0.15) is 0 Å². The van der Waals surface area contributed by atoms with Gasteiger partial charge in [-0.1, -0.05) is 25.2 Å². The maximum atomic E-state index is 12.1. The Balaban J connectivity index is 1.77. The van der Waals surface area contributed by atoms with Crippen LogP contribution in [0.2, 0.25) is 0 Å². The van der Waals surface area contributed by atoms with Crippen molar-refractivity contribution in [3.63, 3.8) is 0 Å². The lowest BCUT2D eigenvalue weighted by molar-refractivity contribution is -0.138. The molecule has 1 aliphatic rings. The minimum atomic E-state index is -0.946. The van der Waals surface area contributed by atoms with Crippen LogP contribution >= 0.6 is 0 Å². The highest BCUT2D eigenvalue weighted by Crippen LogP contribution is 2.29. The summed E-state index contributed by atoms with van der Waals surface area (Å²) in [4.78, 5) is 28.4. The van der Waals surface area contributed by atoms with E-state index in [1.807, 2.05) is 31.2 Å². The zero-order valence-electron chi connectivity index (χ0n) is 19.3. The molecule has 1 aromatic heterocycles. The molecule has 1 aliphatic carbocycles. The van der Waals surface area contributed by atoms with Gasteiger partial charge in [0.15, 0.2) is 0 Å². The van der Waals surface area contributed by atoms with Crippen molar-refractivity contribution in [3.8, 4) is 0 Å². The second-order valence-corrected chi connectivity index (χ2v) is 9.23. The minimum Gasteiger partial charge on any atom is -0.480 e. The van der Waals surface area contributed by atoms with Gasteiger partial charge in [0.1, 0.15) is 17.5 Å². The molecular formula is C25H31N3O5. The highest BCUT2D eigenvalue weighted by atomic mass is 16.6. The van der Waals surface area contributed by atoms with E-state index in [9.17, 15) is 19.8 Å². The first-order valence-electron chi connectivity index (χ1n) is 10.9. The maximum absolute atomic E-state index is 12.1. The third-order valence-electron chi connectivity index (χ3n) is 5.40. The Bertz CT molecular complexity index is 1090. The molecule has 1 amide bonds. The van der Waals surface area contributed by atoms with Crippen LogP contribution in [0.4, 0.5) is 16.3 Å². The van der Waals surface area contributed by atoms with E-state index in [0.717, 1.165) is 11.0 Å². The number of ether oxygens (including phenoxy) is 1. The quantitative estimate of drug-likeness (QED) is 0.484. The Morgan fingerprint density at radius 3 is 2.64 bits per heavy atom. The number of carbonyl (C=O) groups is 2. The van der Waals surface area contributed by atoms with Crippen molar-refractivity contribution in [2.75, 3.05) is 17.2 Å². The molecule has 2 aromatic rings. The van der Waals surface area contributed by atoms with Gasteiger partial charge in [-0.3, -0.25) is 5.32 Å². The number of amides is 1. The fraction of sp³-hybridized carbons (Fsp3) is 0.400. The number of pyridine rings is 1. The van der Waals surface area contributed by atoms with Crippen molar-refractivity contribution in [2.24, 2.45) is 11.8 Å². The molecule has 3 atom stereocenters. The number of aliphatic carboxylic acids is 1. The molecule has 1 heterocycles. The predicted molar refractivity (Wildman–Crippen MR) is 128 cm³/mol. The molecule has 8 heteroatoms. The molecule has 4 N–H and O–H groups in total. The normalized spacial score (nSPS) is 17.7. The number of benzene rings is 1. The number of allylic oxidation sites excluding steroid dienone is 2. The molecule has 0 fully saturated rings. The Morgan fingerprint density at radius 2 is 2.03 bits per heavy atom. The van der Waals surface area contributed by atoms with E-state index in [0.29, 0.717) is 23.3 Å². The van der Waals surface area contributed by atoms with Crippen LogP contribution in [-0.2, 0) is 9.53 Å². The SMILES string of the molecule is CC(CO)C1=CCC(C(Nc2ccc3c(NC(=O)OC(C)(C)C)nccc3c2)C(=O)O)C=C1. The smallest absolute Gasteiger partial charge is 0.413 e. The third kappa shape index (κ3) is 6.32. The second kappa shape index (κ2) is 10.0. The van der Waals surface area contributed by atoms with Crippen LogP contribution in [0.3, 0.4) is 0 Å². The molecule has 0 aliphatic heterocycles. The molecule has 0 radical (unpaired) electrons. The molecule has 8 nitrogen and oxygen atoms in total. The number of carboxylic acid groups (broad SMARTS) is 1. The van der Waals surface area contributed by atoms with Crippen LogP contribution in [-0.4, -0.2) is 45.5 Å². The highest BCUT2D eigenvalue weighted by molar-refractivity contribution is 5.99. The van der Waals surface area contributed by atoms with Crippen molar-refractivity contribution < 1.29 is 24.5 Å². The summed E-state index contributed by atoms with van der Waals surface area (Å²) < 4.78 is 5.30. The molecule has 0 saturated heterocycles. The average Bonchev–Trinajstić information content (AvgIpc) is 2.75. The number of fused-ring (bicyclic) bond motifs is 1. The minimum absolute atomic E-state index is 0.0241. The van der Waals surface area contributed by atoms with Gasteiger partial charge in [-0.15, -0.1) is 0 Å². The standard InChI is InChI=1S/C25H31N3O5/c1-15(14-29)16-5-7-17(8-6-16)21(23(30)31)27-19-9-10-20-18(13-19)11-12-26-22(20)28-24(32)33-25(2,3)4/h5-7,9-13,15,17,21,27,29H,8,14H2,1-4H3,(H,30,31)(H,26,28,32). The number of carboxylic acids is 1. The molecule has 1 aromatic carbocycles. The lowest BCUT2D eigenvalue weighted by Crippen LogP contribution is -2.36. The van der Waals surface area contributed by atoms with Crippen LogP contribution in [0.15, 0.2) is 54.3 Å². The number of aliphatic hydroxyl groups is 1. The van der Waals surface area contributed by atoms with Gasteiger partial charge in [0.05, 0.1) is 0 Å². The van der Waals surface area contributed by atoms with Gasteiger partial charge in [0.2, 0.25) is 0 Å². The first kappa shape index (κ1) is 24.3. The van der Waals surface area contributed by atoms with E-state index in [-0.39, 0.29) is 18.4 Å². The van der Waals surface area contributed by atoms with Gasteiger partial charge in [-0.05, 0) is 62.4 Å². The summed E-state index contributed by atoms with van der Waals surface area (Å²) in [5, 5.41) is 26.5. The summed E-state index contributed by atoms with van der Waals surface area (Å²) in [6.07, 6.45) is 7.33. The predicted octanol–water partition coefficient (Wildman–Crippen LogP) is 4.58. The third-order valence-corrected chi connectivity index (χ3v) is 5.40. The van der Waals surface area contributed by atoms with Gasteiger partial charge < -0.3 is 20.3 Å². The summed E-state index contributed by atoms with van der Waals surface area (Å²) in [6.45, 7) is 7.33. The Hall–Kier alpha value is -3.39. The second-order valence-electron chi connectivity index (χ2n) is 9.23. The Morgan fingerprint density at radius 1 is 1.27 bits per heavy atom. The molecular weight excluding hydrogens is 422 g/mol. The van der Waals surface area contributed by atoms with Crippen molar-refractivity contribution in [2.45, 2.75) is 45.8 Å². The zero-order valence-corrected chi connectivity index (χ0v) is 19.3. The van der Waals surface area contributed by atoms with Crippen molar-refractivity contribution >= 4 is 34.3 Å².